The molecule has 0 bridgehead atoms. The van der Waals surface area contributed by atoms with Crippen LogP contribution < -0.4 is 5.32 Å². The molecular formula is C12H12ClNO. The number of hydrogen-bond acceptors (Lipinski definition) is 2. The predicted octanol–water partition coefficient (Wildman–Crippen LogP) is 2.92. The van der Waals surface area contributed by atoms with Crippen molar-refractivity contribution in [3.8, 4) is 5.75 Å². The Morgan fingerprint density at radius 1 is 1.27 bits per heavy atom. The van der Waals surface area contributed by atoms with Crippen LogP contribution in [0.5, 0.6) is 5.75 Å². The molecule has 15 heavy (non-hydrogen) atoms. The van der Waals surface area contributed by atoms with Crippen molar-refractivity contribution < 1.29 is 5.11 Å². The van der Waals surface area contributed by atoms with Gasteiger partial charge in [-0.15, -0.1) is 0 Å². The van der Waals surface area contributed by atoms with Gasteiger partial charge in [0.1, 0.15) is 5.75 Å². The smallest absolute Gasteiger partial charge is 0.127 e. The number of rotatable bonds is 2. The molecule has 2 rings (SSSR count). The van der Waals surface area contributed by atoms with Gasteiger partial charge in [0, 0.05) is 27.9 Å². The van der Waals surface area contributed by atoms with E-state index in [9.17, 15) is 5.11 Å². The van der Waals surface area contributed by atoms with Crippen molar-refractivity contribution in [1.82, 2.24) is 5.32 Å². The fraction of sp³-hybridized carbons (Fsp3) is 0.167. The van der Waals surface area contributed by atoms with Crippen LogP contribution in [0.25, 0.3) is 10.8 Å². The monoisotopic (exact) mass is 221 g/mol. The van der Waals surface area contributed by atoms with E-state index in [2.05, 4.69) is 5.32 Å². The van der Waals surface area contributed by atoms with E-state index in [1.54, 1.807) is 6.07 Å². The second-order valence-electron chi connectivity index (χ2n) is 3.44. The van der Waals surface area contributed by atoms with Gasteiger partial charge in [-0.3, -0.25) is 0 Å². The Morgan fingerprint density at radius 3 is 2.60 bits per heavy atom. The van der Waals surface area contributed by atoms with E-state index in [1.165, 1.54) is 0 Å². The quantitative estimate of drug-likeness (QED) is 0.818. The van der Waals surface area contributed by atoms with Gasteiger partial charge in [0.25, 0.3) is 0 Å². The Balaban J connectivity index is 2.72. The van der Waals surface area contributed by atoms with Crippen molar-refractivity contribution in [2.45, 2.75) is 6.54 Å². The molecule has 2 nitrogen and oxygen atoms in total. The highest BCUT2D eigenvalue weighted by Gasteiger charge is 2.08. The summed E-state index contributed by atoms with van der Waals surface area (Å²) in [4.78, 5) is 0. The van der Waals surface area contributed by atoms with Gasteiger partial charge in [-0.1, -0.05) is 35.9 Å². The third-order valence-corrected chi connectivity index (χ3v) is 2.72. The van der Waals surface area contributed by atoms with Gasteiger partial charge in [-0.25, -0.2) is 0 Å². The Hall–Kier alpha value is -1.25. The predicted molar refractivity (Wildman–Crippen MR) is 63.4 cm³/mol. The highest BCUT2D eigenvalue weighted by Crippen LogP contribution is 2.33. The first-order valence-corrected chi connectivity index (χ1v) is 5.15. The summed E-state index contributed by atoms with van der Waals surface area (Å²) in [6, 6.07) is 9.37. The van der Waals surface area contributed by atoms with Crippen molar-refractivity contribution >= 4 is 22.4 Å². The van der Waals surface area contributed by atoms with Crippen molar-refractivity contribution in [3.05, 3.63) is 40.9 Å². The zero-order valence-electron chi connectivity index (χ0n) is 8.42. The number of fused-ring (bicyclic) bond motifs is 1. The molecule has 0 aromatic heterocycles. The van der Waals surface area contributed by atoms with Crippen LogP contribution in [0, 0.1) is 0 Å². The number of aromatic hydroxyl groups is 1. The average Bonchev–Trinajstić information content (AvgIpc) is 2.26. The molecule has 78 valence electrons. The van der Waals surface area contributed by atoms with E-state index in [0.29, 0.717) is 17.3 Å². The molecule has 0 atom stereocenters. The van der Waals surface area contributed by atoms with Gasteiger partial charge in [-0.2, -0.15) is 0 Å². The molecule has 0 fully saturated rings. The van der Waals surface area contributed by atoms with E-state index in [-0.39, 0.29) is 0 Å². The fourth-order valence-corrected chi connectivity index (χ4v) is 1.99. The van der Waals surface area contributed by atoms with E-state index in [1.807, 2.05) is 31.3 Å². The first-order chi connectivity index (χ1) is 7.24. The zero-order valence-corrected chi connectivity index (χ0v) is 9.17. The minimum Gasteiger partial charge on any atom is -0.507 e. The standard InChI is InChI=1S/C12H12ClNO/c1-14-7-8-6-11(13)9-4-2-3-5-10(9)12(8)15/h2-6,14-15H,7H2,1H3. The molecule has 3 heteroatoms. The normalized spacial score (nSPS) is 10.8. The van der Waals surface area contributed by atoms with Crippen LogP contribution in [0.1, 0.15) is 5.56 Å². The third kappa shape index (κ3) is 1.78. The minimum absolute atomic E-state index is 0.310. The van der Waals surface area contributed by atoms with Crippen LogP contribution in [0.2, 0.25) is 5.02 Å². The van der Waals surface area contributed by atoms with Gasteiger partial charge in [0.2, 0.25) is 0 Å². The van der Waals surface area contributed by atoms with Crippen LogP contribution in [0.4, 0.5) is 0 Å². The number of halogens is 1. The third-order valence-electron chi connectivity index (χ3n) is 2.41. The number of phenolic OH excluding ortho intramolecular Hbond substituents is 1. The molecule has 2 aromatic rings. The highest BCUT2D eigenvalue weighted by atomic mass is 35.5. The molecular weight excluding hydrogens is 210 g/mol. The molecule has 0 unspecified atom stereocenters. The van der Waals surface area contributed by atoms with Crippen LogP contribution in [-0.2, 0) is 6.54 Å². The second kappa shape index (κ2) is 4.09. The van der Waals surface area contributed by atoms with Crippen molar-refractivity contribution in [2.24, 2.45) is 0 Å². The van der Waals surface area contributed by atoms with Gasteiger partial charge in [-0.05, 0) is 13.1 Å². The van der Waals surface area contributed by atoms with Crippen LogP contribution in [-0.4, -0.2) is 12.2 Å². The molecule has 0 heterocycles. The zero-order chi connectivity index (χ0) is 10.8. The molecule has 0 spiro atoms. The largest absolute Gasteiger partial charge is 0.507 e. The Labute approximate surface area is 93.5 Å². The molecule has 0 saturated heterocycles. The Bertz CT molecular complexity index is 496. The van der Waals surface area contributed by atoms with E-state index < -0.39 is 0 Å². The van der Waals surface area contributed by atoms with Crippen molar-refractivity contribution in [1.29, 1.82) is 0 Å². The SMILES string of the molecule is CNCc1cc(Cl)c2ccccc2c1O. The minimum atomic E-state index is 0.310. The summed E-state index contributed by atoms with van der Waals surface area (Å²) >= 11 is 6.13. The molecule has 0 radical (unpaired) electrons. The number of benzene rings is 2. The number of nitrogens with one attached hydrogen (secondary N) is 1. The lowest BCUT2D eigenvalue weighted by molar-refractivity contribution is 0.472. The lowest BCUT2D eigenvalue weighted by Gasteiger charge is -2.09. The van der Waals surface area contributed by atoms with Crippen LogP contribution in [0.15, 0.2) is 30.3 Å². The summed E-state index contributed by atoms with van der Waals surface area (Å²) < 4.78 is 0. The van der Waals surface area contributed by atoms with Gasteiger partial charge < -0.3 is 10.4 Å². The highest BCUT2D eigenvalue weighted by molar-refractivity contribution is 6.35. The lowest BCUT2D eigenvalue weighted by atomic mass is 10.1. The van der Waals surface area contributed by atoms with E-state index in [4.69, 9.17) is 11.6 Å². The second-order valence-corrected chi connectivity index (χ2v) is 3.85. The molecule has 0 amide bonds. The van der Waals surface area contributed by atoms with Gasteiger partial charge in [0.15, 0.2) is 0 Å². The Morgan fingerprint density at radius 2 is 1.93 bits per heavy atom. The topological polar surface area (TPSA) is 32.3 Å². The number of hydrogen-bond donors (Lipinski definition) is 2. The van der Waals surface area contributed by atoms with Gasteiger partial charge in [0.05, 0.1) is 0 Å². The maximum Gasteiger partial charge on any atom is 0.127 e. The molecule has 0 aliphatic heterocycles. The Kier molecular flexibility index (Phi) is 2.80. The molecule has 2 aromatic carbocycles. The summed E-state index contributed by atoms with van der Waals surface area (Å²) in [6.07, 6.45) is 0. The average molecular weight is 222 g/mol. The van der Waals surface area contributed by atoms with Crippen LogP contribution in [0.3, 0.4) is 0 Å². The molecule has 2 N–H and O–H groups in total. The summed E-state index contributed by atoms with van der Waals surface area (Å²) in [5, 5.41) is 15.4. The molecule has 0 aliphatic carbocycles. The number of phenols is 1. The van der Waals surface area contributed by atoms with Gasteiger partial charge >= 0.3 is 0 Å². The van der Waals surface area contributed by atoms with E-state index >= 15 is 0 Å². The maximum absolute atomic E-state index is 10.0. The summed E-state index contributed by atoms with van der Waals surface area (Å²) in [5.74, 6) is 0.310. The van der Waals surface area contributed by atoms with Crippen molar-refractivity contribution in [3.63, 3.8) is 0 Å². The van der Waals surface area contributed by atoms with Crippen molar-refractivity contribution in [2.75, 3.05) is 7.05 Å². The van der Waals surface area contributed by atoms with E-state index in [0.717, 1.165) is 16.3 Å². The summed E-state index contributed by atoms with van der Waals surface area (Å²) in [6.45, 7) is 0.608. The first kappa shape index (κ1) is 10.3. The molecule has 0 aliphatic rings. The van der Waals surface area contributed by atoms with Crippen LogP contribution >= 0.6 is 11.6 Å². The first-order valence-electron chi connectivity index (χ1n) is 4.77. The lowest BCUT2D eigenvalue weighted by Crippen LogP contribution is -2.05. The maximum atomic E-state index is 10.0. The summed E-state index contributed by atoms with van der Waals surface area (Å²) in [5.41, 5.74) is 0.821. The fourth-order valence-electron chi connectivity index (χ4n) is 1.70. The summed E-state index contributed by atoms with van der Waals surface area (Å²) in [7, 11) is 1.84. The molecule has 0 saturated carbocycles.